The third-order valence-electron chi connectivity index (χ3n) is 1.51. The molecule has 0 N–H and O–H groups in total. The summed E-state index contributed by atoms with van der Waals surface area (Å²) >= 11 is 0. The quantitative estimate of drug-likeness (QED) is 0.391. The van der Waals surface area contributed by atoms with Crippen LogP contribution in [0.1, 0.15) is 11.1 Å². The predicted octanol–water partition coefficient (Wildman–Crippen LogP) is 2.42. The first-order valence-corrected chi connectivity index (χ1v) is 3.71. The number of benzene rings is 1. The van der Waals surface area contributed by atoms with Crippen molar-refractivity contribution in [2.75, 3.05) is 6.54 Å². The van der Waals surface area contributed by atoms with Crippen LogP contribution in [0.25, 0.3) is 10.4 Å². The number of rotatable bonds is 3. The molecule has 0 heterocycles. The summed E-state index contributed by atoms with van der Waals surface area (Å²) in [6.45, 7) is 0.336. The lowest BCUT2D eigenvalue weighted by molar-refractivity contribution is 1.13. The van der Waals surface area contributed by atoms with Crippen molar-refractivity contribution < 1.29 is 0 Å². The largest absolute Gasteiger partial charge is 0.192 e. The van der Waals surface area contributed by atoms with Crippen molar-refractivity contribution in [2.45, 2.75) is 0 Å². The smallest absolute Gasteiger partial charge is 0.0991 e. The molecule has 0 aliphatic heterocycles. The minimum Gasteiger partial charge on any atom is -0.192 e. The van der Waals surface area contributed by atoms with E-state index in [1.807, 2.05) is 18.2 Å². The van der Waals surface area contributed by atoms with E-state index in [4.69, 9.17) is 10.8 Å². The second kappa shape index (κ2) is 4.81. The molecule has 0 atom stereocenters. The van der Waals surface area contributed by atoms with Gasteiger partial charge in [-0.1, -0.05) is 17.2 Å². The Morgan fingerprint density at radius 1 is 1.46 bits per heavy atom. The zero-order valence-corrected chi connectivity index (χ0v) is 6.88. The van der Waals surface area contributed by atoms with Gasteiger partial charge in [0.1, 0.15) is 0 Å². The second-order valence-electron chi connectivity index (χ2n) is 2.35. The monoisotopic (exact) mass is 171 g/mol. The van der Waals surface area contributed by atoms with E-state index in [2.05, 4.69) is 10.0 Å². The average Bonchev–Trinajstić information content (AvgIpc) is 2.19. The van der Waals surface area contributed by atoms with E-state index in [0.717, 1.165) is 5.56 Å². The van der Waals surface area contributed by atoms with Crippen molar-refractivity contribution >= 4 is 0 Å². The second-order valence-corrected chi connectivity index (χ2v) is 2.35. The van der Waals surface area contributed by atoms with E-state index in [1.54, 1.807) is 18.6 Å². The van der Waals surface area contributed by atoms with E-state index < -0.39 is 0 Å². The van der Waals surface area contributed by atoms with Crippen LogP contribution >= 0.6 is 0 Å². The highest BCUT2D eigenvalue weighted by molar-refractivity contribution is 5.34. The number of hydrogen-bond acceptors (Lipinski definition) is 2. The van der Waals surface area contributed by atoms with Gasteiger partial charge >= 0.3 is 0 Å². The highest BCUT2D eigenvalue weighted by Crippen LogP contribution is 2.05. The molecule has 0 unspecified atom stereocenters. The fourth-order valence-corrected chi connectivity index (χ4v) is 0.876. The molecule has 0 aliphatic rings. The molecule has 0 spiro atoms. The van der Waals surface area contributed by atoms with Gasteiger partial charge in [-0.25, -0.2) is 0 Å². The molecule has 1 rings (SSSR count). The molecule has 0 fully saturated rings. The molecule has 63 valence electrons. The zero-order chi connectivity index (χ0) is 9.52. The zero-order valence-electron chi connectivity index (χ0n) is 6.88. The van der Waals surface area contributed by atoms with Crippen molar-refractivity contribution in [3.63, 3.8) is 0 Å². The first kappa shape index (κ1) is 9.11. The number of hydrogen-bond donors (Lipinski definition) is 0. The van der Waals surface area contributed by atoms with Crippen LogP contribution in [-0.4, -0.2) is 6.54 Å². The van der Waals surface area contributed by atoms with Crippen molar-refractivity contribution in [2.24, 2.45) is 5.11 Å². The summed E-state index contributed by atoms with van der Waals surface area (Å²) in [5.41, 5.74) is 9.60. The van der Waals surface area contributed by atoms with Gasteiger partial charge in [0.15, 0.2) is 0 Å². The molecule has 0 saturated heterocycles. The summed E-state index contributed by atoms with van der Waals surface area (Å²) in [5, 5.41) is 11.9. The Kier molecular flexibility index (Phi) is 3.37. The van der Waals surface area contributed by atoms with Gasteiger partial charge in [-0.3, -0.25) is 0 Å². The fraction of sp³-hybridized carbons (Fsp3) is 0.111. The number of nitriles is 1. The highest BCUT2D eigenvalue weighted by atomic mass is 15.1. The van der Waals surface area contributed by atoms with Crippen LogP contribution in [0.4, 0.5) is 0 Å². The Labute approximate surface area is 76.1 Å². The molecular formula is C9H7N4. The lowest BCUT2D eigenvalue weighted by atomic mass is 10.1. The summed E-state index contributed by atoms with van der Waals surface area (Å²) in [7, 11) is 0. The lowest BCUT2D eigenvalue weighted by Crippen LogP contribution is -1.84. The first-order chi connectivity index (χ1) is 6.36. The summed E-state index contributed by atoms with van der Waals surface area (Å²) in [6.07, 6.45) is 1.79. The van der Waals surface area contributed by atoms with Gasteiger partial charge < -0.3 is 0 Å². The van der Waals surface area contributed by atoms with E-state index in [9.17, 15) is 0 Å². The van der Waals surface area contributed by atoms with E-state index >= 15 is 0 Å². The Morgan fingerprint density at radius 3 is 2.69 bits per heavy atom. The topological polar surface area (TPSA) is 72.5 Å². The van der Waals surface area contributed by atoms with Crippen LogP contribution in [0, 0.1) is 17.8 Å². The molecule has 13 heavy (non-hydrogen) atoms. The molecule has 0 bridgehead atoms. The molecule has 1 aromatic rings. The van der Waals surface area contributed by atoms with Crippen LogP contribution in [0.15, 0.2) is 29.4 Å². The Balaban J connectivity index is 2.60. The molecule has 0 aromatic heterocycles. The van der Waals surface area contributed by atoms with E-state index in [1.165, 1.54) is 0 Å². The SMILES string of the molecule is N#Cc1ccc([CH]CN=[N+]=[N-])cc1. The molecule has 1 aromatic carbocycles. The summed E-state index contributed by atoms with van der Waals surface area (Å²) in [5.74, 6) is 0. The summed E-state index contributed by atoms with van der Waals surface area (Å²) in [6, 6.07) is 9.10. The normalized spacial score (nSPS) is 8.54. The molecule has 4 heteroatoms. The maximum atomic E-state index is 8.52. The van der Waals surface area contributed by atoms with Gasteiger partial charge in [-0.2, -0.15) is 5.26 Å². The maximum Gasteiger partial charge on any atom is 0.0991 e. The molecular weight excluding hydrogens is 164 g/mol. The van der Waals surface area contributed by atoms with Crippen LogP contribution in [0.5, 0.6) is 0 Å². The predicted molar refractivity (Wildman–Crippen MR) is 48.6 cm³/mol. The Morgan fingerprint density at radius 2 is 2.15 bits per heavy atom. The maximum absolute atomic E-state index is 8.52. The first-order valence-electron chi connectivity index (χ1n) is 3.71. The van der Waals surface area contributed by atoms with Gasteiger partial charge in [0, 0.05) is 11.5 Å². The minimum atomic E-state index is 0.336. The summed E-state index contributed by atoms with van der Waals surface area (Å²) < 4.78 is 0. The van der Waals surface area contributed by atoms with Crippen LogP contribution in [0.3, 0.4) is 0 Å². The van der Waals surface area contributed by atoms with Crippen molar-refractivity contribution in [3.8, 4) is 6.07 Å². The third kappa shape index (κ3) is 2.86. The fourth-order valence-electron chi connectivity index (χ4n) is 0.876. The molecule has 0 aliphatic carbocycles. The molecule has 4 nitrogen and oxygen atoms in total. The molecule has 0 amide bonds. The minimum absolute atomic E-state index is 0.336. The molecule has 0 saturated carbocycles. The van der Waals surface area contributed by atoms with Gasteiger partial charge in [0.05, 0.1) is 11.6 Å². The van der Waals surface area contributed by atoms with Gasteiger partial charge in [0.2, 0.25) is 0 Å². The van der Waals surface area contributed by atoms with Crippen LogP contribution < -0.4 is 0 Å². The van der Waals surface area contributed by atoms with Crippen molar-refractivity contribution in [1.29, 1.82) is 5.26 Å². The number of nitrogens with zero attached hydrogens (tertiary/aromatic N) is 4. The molecule has 1 radical (unpaired) electrons. The van der Waals surface area contributed by atoms with Gasteiger partial charge in [0.25, 0.3) is 0 Å². The highest BCUT2D eigenvalue weighted by Gasteiger charge is 1.92. The van der Waals surface area contributed by atoms with Crippen LogP contribution in [0.2, 0.25) is 0 Å². The van der Waals surface area contributed by atoms with E-state index in [-0.39, 0.29) is 0 Å². The van der Waals surface area contributed by atoms with E-state index in [0.29, 0.717) is 12.1 Å². The lowest BCUT2D eigenvalue weighted by Gasteiger charge is -1.95. The third-order valence-corrected chi connectivity index (χ3v) is 1.51. The van der Waals surface area contributed by atoms with Crippen molar-refractivity contribution in [3.05, 3.63) is 52.3 Å². The van der Waals surface area contributed by atoms with Crippen LogP contribution in [-0.2, 0) is 0 Å². The van der Waals surface area contributed by atoms with Gasteiger partial charge in [-0.15, -0.1) is 0 Å². The van der Waals surface area contributed by atoms with Crippen molar-refractivity contribution in [1.82, 2.24) is 0 Å². The van der Waals surface area contributed by atoms with Gasteiger partial charge in [-0.05, 0) is 29.6 Å². The summed E-state index contributed by atoms with van der Waals surface area (Å²) in [4.78, 5) is 2.63. The Bertz CT molecular complexity index is 354. The average molecular weight is 171 g/mol. The standard InChI is InChI=1S/C9H7N4/c10-7-9-3-1-8(2-4-9)5-6-12-13-11/h1-5H,6H2. The number of azide groups is 1. The Hall–Kier alpha value is -1.98.